The number of aliphatic imine (C=N–C) groups is 1. The van der Waals surface area contributed by atoms with Crippen molar-refractivity contribution in [3.63, 3.8) is 0 Å². The summed E-state index contributed by atoms with van der Waals surface area (Å²) in [4.78, 5) is 13.4. The molecular formula is C13H17NO. The largest absolute Gasteiger partial charge is 0.234 e. The molecule has 0 N–H and O–H groups in total. The first-order valence-corrected chi connectivity index (χ1v) is 5.40. The van der Waals surface area contributed by atoms with E-state index >= 15 is 0 Å². The summed E-state index contributed by atoms with van der Waals surface area (Å²) in [6.45, 7) is 2.85. The number of benzene rings is 1. The molecule has 1 aromatic carbocycles. The van der Waals surface area contributed by atoms with Crippen LogP contribution < -0.4 is 0 Å². The molecule has 0 bridgehead atoms. The van der Waals surface area contributed by atoms with E-state index in [1.165, 1.54) is 5.56 Å². The molecule has 80 valence electrons. The van der Waals surface area contributed by atoms with E-state index in [2.05, 4.69) is 36.2 Å². The molecule has 1 atom stereocenters. The lowest BCUT2D eigenvalue weighted by Gasteiger charge is -2.09. The first-order chi connectivity index (χ1) is 7.33. The van der Waals surface area contributed by atoms with Crippen LogP contribution >= 0.6 is 0 Å². The van der Waals surface area contributed by atoms with Gasteiger partial charge in [0.15, 0.2) is 0 Å². The fourth-order valence-corrected chi connectivity index (χ4v) is 1.68. The molecule has 2 heteroatoms. The van der Waals surface area contributed by atoms with E-state index in [1.807, 2.05) is 6.07 Å². The summed E-state index contributed by atoms with van der Waals surface area (Å²) in [5.41, 5.74) is 1.38. The van der Waals surface area contributed by atoms with Crippen molar-refractivity contribution in [1.29, 1.82) is 0 Å². The Kier molecular flexibility index (Phi) is 5.42. The lowest BCUT2D eigenvalue weighted by Crippen LogP contribution is -2.00. The number of hydrogen-bond donors (Lipinski definition) is 0. The first-order valence-electron chi connectivity index (χ1n) is 5.40. The Balaban J connectivity index is 2.24. The maximum absolute atomic E-state index is 9.85. The summed E-state index contributed by atoms with van der Waals surface area (Å²) in [6.07, 6.45) is 4.76. The van der Waals surface area contributed by atoms with E-state index in [-0.39, 0.29) is 0 Å². The molecule has 0 spiro atoms. The Morgan fingerprint density at radius 1 is 1.33 bits per heavy atom. The van der Waals surface area contributed by atoms with Crippen molar-refractivity contribution in [2.45, 2.75) is 26.2 Å². The van der Waals surface area contributed by atoms with Crippen LogP contribution in [0.4, 0.5) is 0 Å². The standard InChI is InChI=1S/C13H17NO/c1-12(6-5-9-14-11-15)10-13-7-3-2-4-8-13/h2-4,7-8,12H,5-6,9-10H2,1H3/t12-/m0/s1. The van der Waals surface area contributed by atoms with Gasteiger partial charge in [0, 0.05) is 0 Å². The van der Waals surface area contributed by atoms with Crippen LogP contribution in [0.2, 0.25) is 0 Å². The van der Waals surface area contributed by atoms with Crippen LogP contribution in [0.15, 0.2) is 35.3 Å². The predicted octanol–water partition coefficient (Wildman–Crippen LogP) is 2.98. The van der Waals surface area contributed by atoms with Gasteiger partial charge in [0.25, 0.3) is 0 Å². The van der Waals surface area contributed by atoms with Gasteiger partial charge in [-0.3, -0.25) is 0 Å². The van der Waals surface area contributed by atoms with E-state index < -0.39 is 0 Å². The molecule has 0 aliphatic heterocycles. The van der Waals surface area contributed by atoms with Crippen LogP contribution in [-0.4, -0.2) is 12.6 Å². The highest BCUT2D eigenvalue weighted by atomic mass is 16.1. The minimum atomic E-state index is 0.614. The van der Waals surface area contributed by atoms with Gasteiger partial charge in [-0.1, -0.05) is 37.3 Å². The lowest BCUT2D eigenvalue weighted by atomic mass is 9.97. The Morgan fingerprint density at radius 3 is 2.73 bits per heavy atom. The SMILES string of the molecule is C[C@@H](CCCN=C=O)Cc1ccccc1. The van der Waals surface area contributed by atoms with E-state index in [0.717, 1.165) is 19.3 Å². The van der Waals surface area contributed by atoms with E-state index in [9.17, 15) is 4.79 Å². The number of carbonyl (C=O) groups excluding carboxylic acids is 1. The van der Waals surface area contributed by atoms with Crippen LogP contribution in [0.5, 0.6) is 0 Å². The van der Waals surface area contributed by atoms with Crippen LogP contribution in [0.1, 0.15) is 25.3 Å². The highest BCUT2D eigenvalue weighted by Gasteiger charge is 2.02. The van der Waals surface area contributed by atoms with Gasteiger partial charge in [-0.05, 0) is 30.7 Å². The maximum Gasteiger partial charge on any atom is 0.234 e. The zero-order valence-corrected chi connectivity index (χ0v) is 9.15. The molecule has 0 saturated heterocycles. The van der Waals surface area contributed by atoms with Gasteiger partial charge < -0.3 is 0 Å². The minimum absolute atomic E-state index is 0.614. The Labute approximate surface area is 91.0 Å². The van der Waals surface area contributed by atoms with Gasteiger partial charge in [0.1, 0.15) is 0 Å². The fraction of sp³-hybridized carbons (Fsp3) is 0.462. The van der Waals surface area contributed by atoms with Gasteiger partial charge in [0.2, 0.25) is 6.08 Å². The van der Waals surface area contributed by atoms with Gasteiger partial charge >= 0.3 is 0 Å². The maximum atomic E-state index is 9.85. The van der Waals surface area contributed by atoms with Crippen LogP contribution in [-0.2, 0) is 11.2 Å². The smallest absolute Gasteiger partial charge is 0.211 e. The predicted molar refractivity (Wildman–Crippen MR) is 61.5 cm³/mol. The van der Waals surface area contributed by atoms with Crippen LogP contribution in [0.25, 0.3) is 0 Å². The Morgan fingerprint density at radius 2 is 2.07 bits per heavy atom. The number of nitrogens with zero attached hydrogens (tertiary/aromatic N) is 1. The Hall–Kier alpha value is -1.40. The zero-order chi connectivity index (χ0) is 10.9. The average molecular weight is 203 g/mol. The van der Waals surface area contributed by atoms with Crippen molar-refractivity contribution >= 4 is 6.08 Å². The van der Waals surface area contributed by atoms with Crippen molar-refractivity contribution in [3.05, 3.63) is 35.9 Å². The fourth-order valence-electron chi connectivity index (χ4n) is 1.68. The third kappa shape index (κ3) is 5.14. The second-order valence-electron chi connectivity index (χ2n) is 3.91. The van der Waals surface area contributed by atoms with E-state index in [4.69, 9.17) is 0 Å². The molecule has 15 heavy (non-hydrogen) atoms. The summed E-state index contributed by atoms with van der Waals surface area (Å²) in [5, 5.41) is 0. The summed E-state index contributed by atoms with van der Waals surface area (Å²) in [7, 11) is 0. The quantitative estimate of drug-likeness (QED) is 0.397. The van der Waals surface area contributed by atoms with E-state index in [1.54, 1.807) is 6.08 Å². The molecule has 0 aliphatic rings. The van der Waals surface area contributed by atoms with Crippen molar-refractivity contribution in [3.8, 4) is 0 Å². The van der Waals surface area contributed by atoms with Crippen LogP contribution in [0, 0.1) is 5.92 Å². The lowest BCUT2D eigenvalue weighted by molar-refractivity contribution is 0.510. The summed E-state index contributed by atoms with van der Waals surface area (Å²) in [6, 6.07) is 10.5. The van der Waals surface area contributed by atoms with Crippen LogP contribution in [0.3, 0.4) is 0 Å². The zero-order valence-electron chi connectivity index (χ0n) is 9.15. The molecule has 0 aliphatic carbocycles. The van der Waals surface area contributed by atoms with E-state index in [0.29, 0.717) is 12.5 Å². The third-order valence-electron chi connectivity index (χ3n) is 2.46. The number of hydrogen-bond acceptors (Lipinski definition) is 2. The summed E-state index contributed by atoms with van der Waals surface area (Å²) in [5.74, 6) is 0.647. The molecule has 0 amide bonds. The molecule has 2 nitrogen and oxygen atoms in total. The minimum Gasteiger partial charge on any atom is -0.211 e. The first kappa shape index (κ1) is 11.7. The molecule has 1 rings (SSSR count). The highest BCUT2D eigenvalue weighted by molar-refractivity contribution is 5.32. The van der Waals surface area contributed by atoms with Gasteiger partial charge in [-0.25, -0.2) is 9.79 Å². The van der Waals surface area contributed by atoms with Gasteiger partial charge in [0.05, 0.1) is 6.54 Å². The molecule has 0 radical (unpaired) electrons. The molecule has 0 heterocycles. The molecular weight excluding hydrogens is 186 g/mol. The normalized spacial score (nSPS) is 11.8. The topological polar surface area (TPSA) is 29.4 Å². The monoisotopic (exact) mass is 203 g/mol. The number of isocyanates is 1. The molecule has 0 aromatic heterocycles. The van der Waals surface area contributed by atoms with Crippen molar-refractivity contribution in [1.82, 2.24) is 0 Å². The molecule has 0 unspecified atom stereocenters. The molecule has 0 saturated carbocycles. The van der Waals surface area contributed by atoms with Gasteiger partial charge in [-0.2, -0.15) is 0 Å². The second kappa shape index (κ2) is 6.97. The summed E-state index contributed by atoms with van der Waals surface area (Å²) >= 11 is 0. The van der Waals surface area contributed by atoms with Crippen molar-refractivity contribution in [2.24, 2.45) is 10.9 Å². The third-order valence-corrected chi connectivity index (χ3v) is 2.46. The molecule has 1 aromatic rings. The van der Waals surface area contributed by atoms with Crippen molar-refractivity contribution < 1.29 is 4.79 Å². The number of rotatable bonds is 6. The Bertz CT molecular complexity index is 315. The van der Waals surface area contributed by atoms with Gasteiger partial charge in [-0.15, -0.1) is 0 Å². The highest BCUT2D eigenvalue weighted by Crippen LogP contribution is 2.13. The van der Waals surface area contributed by atoms with Crippen molar-refractivity contribution in [2.75, 3.05) is 6.54 Å². The summed E-state index contributed by atoms with van der Waals surface area (Å²) < 4.78 is 0. The average Bonchev–Trinajstić information content (AvgIpc) is 2.26. The second-order valence-corrected chi connectivity index (χ2v) is 3.91. The molecule has 0 fully saturated rings.